The Balaban J connectivity index is 1.35. The van der Waals surface area contributed by atoms with E-state index in [1.807, 2.05) is 81.8 Å². The number of aryl methyl sites for hydroxylation is 4. The maximum atomic E-state index is 13.2. The molecule has 1 heterocycles. The van der Waals surface area contributed by atoms with Gasteiger partial charge in [-0.2, -0.15) is 5.10 Å². The normalized spacial score (nSPS) is 14.4. The van der Waals surface area contributed by atoms with Gasteiger partial charge in [0.2, 0.25) is 10.0 Å². The largest absolute Gasteiger partial charge is 0.383 e. The fourth-order valence-corrected chi connectivity index (χ4v) is 6.81. The van der Waals surface area contributed by atoms with E-state index in [4.69, 9.17) is 0 Å². The van der Waals surface area contributed by atoms with Crippen LogP contribution in [-0.2, 0) is 10.0 Å². The number of carbonyl (C=O) groups is 1. The fraction of sp³-hybridized carbons (Fsp3) is 0.333. The number of amides is 1. The molecule has 0 radical (unpaired) electrons. The van der Waals surface area contributed by atoms with Gasteiger partial charge in [0.25, 0.3) is 5.91 Å². The Morgan fingerprint density at radius 1 is 1.03 bits per heavy atom. The molecular weight excluding hydrogens is 510 g/mol. The van der Waals surface area contributed by atoms with Crippen LogP contribution in [0.5, 0.6) is 0 Å². The summed E-state index contributed by atoms with van der Waals surface area (Å²) in [5.41, 5.74) is 6.72. The number of aromatic nitrogens is 2. The molecule has 1 atom stereocenters. The number of benzene rings is 3. The van der Waals surface area contributed by atoms with Crippen LogP contribution in [0.25, 0.3) is 16.6 Å². The quantitative estimate of drug-likeness (QED) is 0.277. The molecule has 204 valence electrons. The molecule has 9 heteroatoms. The zero-order valence-electron chi connectivity index (χ0n) is 23.0. The van der Waals surface area contributed by atoms with Crippen LogP contribution in [0, 0.1) is 27.7 Å². The summed E-state index contributed by atoms with van der Waals surface area (Å²) in [6.45, 7) is 9.86. The topological polar surface area (TPSA) is 105 Å². The molecule has 8 nitrogen and oxygen atoms in total. The van der Waals surface area contributed by atoms with Gasteiger partial charge in [0.05, 0.1) is 22.3 Å². The van der Waals surface area contributed by atoms with Crippen molar-refractivity contribution in [3.63, 3.8) is 0 Å². The standard InChI is InChI=1S/C30H35N5O3S/c1-18-11-20(3)29(21(4)12-18)39(37,38)34-22(5)16-31-27-13-19(2)14-28-26(27)17-32-35(28)25-8-6-7-23(15-25)30(36)33-24-9-10-24/h6-8,11-15,17,22,24,31,34H,9-10,16H2,1-5H3,(H,33,36)/t22-/m0/s1. The predicted molar refractivity (Wildman–Crippen MR) is 155 cm³/mol. The van der Waals surface area contributed by atoms with Gasteiger partial charge in [0.1, 0.15) is 0 Å². The van der Waals surface area contributed by atoms with Crippen molar-refractivity contribution in [2.24, 2.45) is 0 Å². The average molecular weight is 546 g/mol. The summed E-state index contributed by atoms with van der Waals surface area (Å²) in [5, 5.41) is 12.0. The maximum Gasteiger partial charge on any atom is 0.251 e. The number of carbonyl (C=O) groups excluding carboxylic acids is 1. The Morgan fingerprint density at radius 3 is 2.41 bits per heavy atom. The number of sulfonamides is 1. The van der Waals surface area contributed by atoms with Crippen molar-refractivity contribution in [2.45, 2.75) is 64.4 Å². The SMILES string of the molecule is Cc1cc(C)c(S(=O)(=O)N[C@@H](C)CNc2cc(C)cc3c2cnn3-c2cccc(C(=O)NC3CC3)c2)c(C)c1. The number of rotatable bonds is 9. The first-order chi connectivity index (χ1) is 18.5. The van der Waals surface area contributed by atoms with Gasteiger partial charge < -0.3 is 10.6 Å². The van der Waals surface area contributed by atoms with Crippen molar-refractivity contribution in [3.8, 4) is 5.69 Å². The highest BCUT2D eigenvalue weighted by Crippen LogP contribution is 2.28. The van der Waals surface area contributed by atoms with Crippen LogP contribution in [-0.4, -0.2) is 42.7 Å². The lowest BCUT2D eigenvalue weighted by atomic mass is 10.1. The number of nitrogens with zero attached hydrogens (tertiary/aromatic N) is 2. The predicted octanol–water partition coefficient (Wildman–Crippen LogP) is 4.93. The first-order valence-electron chi connectivity index (χ1n) is 13.3. The second-order valence-corrected chi connectivity index (χ2v) is 12.4. The van der Waals surface area contributed by atoms with Gasteiger partial charge >= 0.3 is 0 Å². The summed E-state index contributed by atoms with van der Waals surface area (Å²) in [6, 6.07) is 15.3. The number of hydrogen-bond acceptors (Lipinski definition) is 5. The van der Waals surface area contributed by atoms with Gasteiger partial charge in [-0.05, 0) is 94.5 Å². The Bertz CT molecular complexity index is 1650. The van der Waals surface area contributed by atoms with Crippen LogP contribution < -0.4 is 15.4 Å². The fourth-order valence-electron chi connectivity index (χ4n) is 5.11. The molecule has 1 amide bonds. The van der Waals surface area contributed by atoms with Crippen LogP contribution in [0.3, 0.4) is 0 Å². The minimum absolute atomic E-state index is 0.0678. The van der Waals surface area contributed by atoms with Crippen molar-refractivity contribution in [1.29, 1.82) is 0 Å². The van der Waals surface area contributed by atoms with E-state index in [0.717, 1.165) is 57.4 Å². The van der Waals surface area contributed by atoms with E-state index in [0.29, 0.717) is 23.0 Å². The molecule has 0 unspecified atom stereocenters. The van der Waals surface area contributed by atoms with E-state index in [1.54, 1.807) is 6.20 Å². The van der Waals surface area contributed by atoms with Gasteiger partial charge in [-0.3, -0.25) is 4.79 Å². The Kier molecular flexibility index (Phi) is 7.22. The molecule has 4 aromatic rings. The van der Waals surface area contributed by atoms with Gasteiger partial charge in [0, 0.05) is 35.3 Å². The minimum atomic E-state index is -3.68. The first kappa shape index (κ1) is 26.9. The van der Waals surface area contributed by atoms with Crippen LogP contribution in [0.1, 0.15) is 52.4 Å². The number of nitrogens with one attached hydrogen (secondary N) is 3. The van der Waals surface area contributed by atoms with Crippen LogP contribution in [0.15, 0.2) is 59.6 Å². The van der Waals surface area contributed by atoms with Gasteiger partial charge in [-0.25, -0.2) is 17.8 Å². The number of hydrogen-bond donors (Lipinski definition) is 3. The second-order valence-electron chi connectivity index (χ2n) is 10.7. The smallest absolute Gasteiger partial charge is 0.251 e. The van der Waals surface area contributed by atoms with Crippen molar-refractivity contribution in [3.05, 3.63) is 82.5 Å². The molecule has 1 fully saturated rings. The lowest BCUT2D eigenvalue weighted by Crippen LogP contribution is -2.38. The van der Waals surface area contributed by atoms with Crippen molar-refractivity contribution in [2.75, 3.05) is 11.9 Å². The van der Waals surface area contributed by atoms with Crippen LogP contribution >= 0.6 is 0 Å². The molecule has 0 spiro atoms. The van der Waals surface area contributed by atoms with E-state index < -0.39 is 10.0 Å². The van der Waals surface area contributed by atoms with E-state index in [-0.39, 0.29) is 11.9 Å². The zero-order valence-corrected chi connectivity index (χ0v) is 23.8. The maximum absolute atomic E-state index is 13.2. The molecular formula is C30H35N5O3S. The Labute approximate surface area is 229 Å². The summed E-state index contributed by atoms with van der Waals surface area (Å²) in [7, 11) is -3.68. The molecule has 0 bridgehead atoms. The summed E-state index contributed by atoms with van der Waals surface area (Å²) < 4.78 is 31.0. The lowest BCUT2D eigenvalue weighted by Gasteiger charge is -2.19. The summed E-state index contributed by atoms with van der Waals surface area (Å²) in [4.78, 5) is 12.9. The highest BCUT2D eigenvalue weighted by Gasteiger charge is 2.24. The molecule has 0 aliphatic heterocycles. The van der Waals surface area contributed by atoms with Crippen molar-refractivity contribution in [1.82, 2.24) is 19.8 Å². The van der Waals surface area contributed by atoms with E-state index in [2.05, 4.69) is 26.5 Å². The molecule has 39 heavy (non-hydrogen) atoms. The Morgan fingerprint density at radius 2 is 1.72 bits per heavy atom. The van der Waals surface area contributed by atoms with Gasteiger partial charge in [0.15, 0.2) is 0 Å². The highest BCUT2D eigenvalue weighted by atomic mass is 32.2. The van der Waals surface area contributed by atoms with Crippen molar-refractivity contribution < 1.29 is 13.2 Å². The molecule has 1 saturated carbocycles. The van der Waals surface area contributed by atoms with Crippen LogP contribution in [0.2, 0.25) is 0 Å². The lowest BCUT2D eigenvalue weighted by molar-refractivity contribution is 0.0951. The molecule has 3 N–H and O–H groups in total. The second kappa shape index (κ2) is 10.5. The third-order valence-corrected chi connectivity index (χ3v) is 8.82. The molecule has 1 aromatic heterocycles. The summed E-state index contributed by atoms with van der Waals surface area (Å²) >= 11 is 0. The molecule has 1 aliphatic rings. The summed E-state index contributed by atoms with van der Waals surface area (Å²) in [5.74, 6) is -0.0678. The first-order valence-corrected chi connectivity index (χ1v) is 14.7. The van der Waals surface area contributed by atoms with Gasteiger partial charge in [-0.15, -0.1) is 0 Å². The number of anilines is 1. The van der Waals surface area contributed by atoms with Gasteiger partial charge in [-0.1, -0.05) is 23.8 Å². The average Bonchev–Trinajstić information content (AvgIpc) is 3.56. The third kappa shape index (κ3) is 5.84. The van der Waals surface area contributed by atoms with E-state index >= 15 is 0 Å². The number of fused-ring (bicyclic) bond motifs is 1. The van der Waals surface area contributed by atoms with Crippen LogP contribution in [0.4, 0.5) is 5.69 Å². The highest BCUT2D eigenvalue weighted by molar-refractivity contribution is 7.89. The van der Waals surface area contributed by atoms with E-state index in [9.17, 15) is 13.2 Å². The van der Waals surface area contributed by atoms with Crippen molar-refractivity contribution >= 4 is 32.5 Å². The molecule has 1 aliphatic carbocycles. The Hall–Kier alpha value is -3.69. The zero-order chi connectivity index (χ0) is 27.9. The monoisotopic (exact) mass is 545 g/mol. The summed E-state index contributed by atoms with van der Waals surface area (Å²) in [6.07, 6.45) is 3.87. The molecule has 0 saturated heterocycles. The third-order valence-electron chi connectivity index (χ3n) is 6.93. The molecule has 5 rings (SSSR count). The van der Waals surface area contributed by atoms with E-state index in [1.165, 1.54) is 0 Å². The molecule has 3 aromatic carbocycles. The minimum Gasteiger partial charge on any atom is -0.383 e.